The molecule has 0 atom stereocenters. The average molecular weight is 511 g/mol. The molecular weight excluding hydrogens is 484 g/mol. The molecule has 0 saturated carbocycles. The van der Waals surface area contributed by atoms with Crippen molar-refractivity contribution in [1.29, 1.82) is 0 Å². The van der Waals surface area contributed by atoms with Gasteiger partial charge in [-0.05, 0) is 44.0 Å². The van der Waals surface area contributed by atoms with E-state index in [0.29, 0.717) is 10.6 Å². The van der Waals surface area contributed by atoms with Gasteiger partial charge in [0, 0.05) is 28.3 Å². The molecule has 0 unspecified atom stereocenters. The van der Waals surface area contributed by atoms with Gasteiger partial charge in [-0.2, -0.15) is 23.4 Å². The molecule has 0 aliphatic rings. The topological polar surface area (TPSA) is 35.6 Å². The fourth-order valence-corrected chi connectivity index (χ4v) is 5.98. The number of aromatic nitrogens is 4. The maximum atomic E-state index is 13.8. The minimum atomic E-state index is -4.34. The van der Waals surface area contributed by atoms with E-state index in [2.05, 4.69) is 16.8 Å². The fourth-order valence-electron chi connectivity index (χ4n) is 3.45. The number of allylic oxidation sites excluding steroid dienone is 1. The number of nitrogens with zero attached hydrogens (tertiary/aromatic N) is 4. The normalized spacial score (nSPS) is 12.9. The van der Waals surface area contributed by atoms with E-state index < -0.39 is 12.7 Å². The second-order valence-corrected chi connectivity index (χ2v) is 11.0. The summed E-state index contributed by atoms with van der Waals surface area (Å²) in [7, 11) is 0. The predicted molar refractivity (Wildman–Crippen MR) is 134 cm³/mol. The largest absolute Gasteiger partial charge is 0.408 e. The molecular formula is C24H26F4N4S2. The summed E-state index contributed by atoms with van der Waals surface area (Å²) in [5.41, 5.74) is 4.57. The summed E-state index contributed by atoms with van der Waals surface area (Å²) in [5, 5.41) is 9.36. The van der Waals surface area contributed by atoms with Gasteiger partial charge in [0.05, 0.1) is 21.2 Å². The first-order valence-electron chi connectivity index (χ1n) is 10.5. The standard InChI is InChI=1S/C24H26F4N4S2/c1-14(2)33-23(15(3)20-11-29-31(12-20)13-24(26,27)28)34-18(6)32-17(5)22(16(4)30-32)19-8-7-9-21(25)10-19/h7-12,14H,6,13H2,1-5H3/b23-15+. The second-order valence-electron chi connectivity index (χ2n) is 8.08. The first-order chi connectivity index (χ1) is 15.9. The molecule has 0 radical (unpaired) electrons. The SMILES string of the molecule is C=C(S/C(SC(C)C)=C(\C)c1cnn(CC(F)(F)F)c1)n1nc(C)c(-c2cccc(F)c2)c1C. The summed E-state index contributed by atoms with van der Waals surface area (Å²) in [5.74, 6) is -0.322. The van der Waals surface area contributed by atoms with Gasteiger partial charge in [-0.15, -0.1) is 11.8 Å². The zero-order valence-corrected chi connectivity index (χ0v) is 21.2. The Kier molecular flexibility index (Phi) is 8.02. The van der Waals surface area contributed by atoms with Crippen LogP contribution in [0.5, 0.6) is 0 Å². The Morgan fingerprint density at radius 1 is 1.21 bits per heavy atom. The average Bonchev–Trinajstić information content (AvgIpc) is 3.29. The molecule has 0 bridgehead atoms. The number of benzene rings is 1. The van der Waals surface area contributed by atoms with Crippen LogP contribution in [-0.4, -0.2) is 31.0 Å². The molecule has 0 aliphatic carbocycles. The Labute approximate surface area is 205 Å². The maximum absolute atomic E-state index is 13.8. The Morgan fingerprint density at radius 3 is 2.53 bits per heavy atom. The highest BCUT2D eigenvalue weighted by atomic mass is 32.2. The monoisotopic (exact) mass is 510 g/mol. The Balaban J connectivity index is 1.93. The summed E-state index contributed by atoms with van der Waals surface area (Å²) < 4.78 is 55.5. The summed E-state index contributed by atoms with van der Waals surface area (Å²) in [6.07, 6.45) is -1.50. The summed E-state index contributed by atoms with van der Waals surface area (Å²) >= 11 is 3.00. The summed E-state index contributed by atoms with van der Waals surface area (Å²) in [6, 6.07) is 6.36. The van der Waals surface area contributed by atoms with Crippen LogP contribution < -0.4 is 0 Å². The van der Waals surface area contributed by atoms with Crippen molar-refractivity contribution in [2.24, 2.45) is 0 Å². The van der Waals surface area contributed by atoms with Crippen LogP contribution in [0, 0.1) is 19.7 Å². The van der Waals surface area contributed by atoms with Crippen LogP contribution in [0.2, 0.25) is 0 Å². The molecule has 34 heavy (non-hydrogen) atoms. The second kappa shape index (κ2) is 10.4. The molecule has 2 aromatic heterocycles. The van der Waals surface area contributed by atoms with Crippen molar-refractivity contribution in [2.75, 3.05) is 0 Å². The third-order valence-corrected chi connectivity index (χ3v) is 7.34. The van der Waals surface area contributed by atoms with Gasteiger partial charge in [0.1, 0.15) is 12.4 Å². The minimum absolute atomic E-state index is 0.235. The lowest BCUT2D eigenvalue weighted by molar-refractivity contribution is -0.142. The van der Waals surface area contributed by atoms with E-state index in [0.717, 1.165) is 37.0 Å². The summed E-state index contributed by atoms with van der Waals surface area (Å²) in [4.78, 5) is 0. The Morgan fingerprint density at radius 2 is 1.91 bits per heavy atom. The number of alkyl halides is 3. The smallest absolute Gasteiger partial charge is 0.263 e. The lowest BCUT2D eigenvalue weighted by Crippen LogP contribution is -2.17. The van der Waals surface area contributed by atoms with Gasteiger partial charge in [-0.3, -0.25) is 4.68 Å². The van der Waals surface area contributed by atoms with Crippen molar-refractivity contribution in [2.45, 2.75) is 52.6 Å². The maximum Gasteiger partial charge on any atom is 0.408 e. The molecule has 0 N–H and O–H groups in total. The van der Waals surface area contributed by atoms with Crippen molar-refractivity contribution in [1.82, 2.24) is 19.6 Å². The molecule has 0 fully saturated rings. The van der Waals surface area contributed by atoms with Gasteiger partial charge >= 0.3 is 6.18 Å². The van der Waals surface area contributed by atoms with E-state index in [9.17, 15) is 17.6 Å². The van der Waals surface area contributed by atoms with Crippen molar-refractivity contribution in [3.8, 4) is 11.1 Å². The van der Waals surface area contributed by atoms with Crippen molar-refractivity contribution >= 4 is 34.1 Å². The van der Waals surface area contributed by atoms with E-state index in [1.807, 2.05) is 40.7 Å². The molecule has 0 amide bonds. The quantitative estimate of drug-likeness (QED) is 0.290. The van der Waals surface area contributed by atoms with Crippen LogP contribution in [0.15, 0.2) is 47.5 Å². The van der Waals surface area contributed by atoms with Crippen molar-refractivity contribution < 1.29 is 17.6 Å². The van der Waals surface area contributed by atoms with Gasteiger partial charge in [0.2, 0.25) is 0 Å². The van der Waals surface area contributed by atoms with E-state index in [-0.39, 0.29) is 11.1 Å². The molecule has 3 rings (SSSR count). The van der Waals surface area contributed by atoms with Gasteiger partial charge in [0.25, 0.3) is 0 Å². The van der Waals surface area contributed by atoms with Crippen LogP contribution in [0.3, 0.4) is 0 Å². The number of aryl methyl sites for hydroxylation is 1. The first-order valence-corrected chi connectivity index (χ1v) is 12.2. The van der Waals surface area contributed by atoms with Gasteiger partial charge < -0.3 is 0 Å². The first kappa shape index (κ1) is 26.2. The molecule has 0 aliphatic heterocycles. The third kappa shape index (κ3) is 6.35. The molecule has 4 nitrogen and oxygen atoms in total. The lowest BCUT2D eigenvalue weighted by atomic mass is 10.0. The molecule has 2 heterocycles. The molecule has 10 heteroatoms. The van der Waals surface area contributed by atoms with Crippen molar-refractivity contribution in [3.63, 3.8) is 0 Å². The number of halogens is 4. The molecule has 3 aromatic rings. The fraction of sp³-hybridized carbons (Fsp3) is 0.333. The number of hydrogen-bond acceptors (Lipinski definition) is 4. The van der Waals surface area contributed by atoms with Gasteiger partial charge in [-0.1, -0.05) is 44.3 Å². The Bertz CT molecular complexity index is 1220. The Hall–Kier alpha value is -2.46. The highest BCUT2D eigenvalue weighted by Crippen LogP contribution is 2.43. The van der Waals surface area contributed by atoms with E-state index >= 15 is 0 Å². The number of thioether (sulfide) groups is 2. The van der Waals surface area contributed by atoms with Gasteiger partial charge in [0.15, 0.2) is 0 Å². The van der Waals surface area contributed by atoms with Crippen LogP contribution in [0.25, 0.3) is 21.7 Å². The molecule has 182 valence electrons. The van der Waals surface area contributed by atoms with Gasteiger partial charge in [-0.25, -0.2) is 9.07 Å². The summed E-state index contributed by atoms with van der Waals surface area (Å²) in [6.45, 7) is 12.8. The number of rotatable bonds is 8. The predicted octanol–water partition coefficient (Wildman–Crippen LogP) is 7.76. The molecule has 0 saturated heterocycles. The molecule has 0 spiro atoms. The molecule has 1 aromatic carbocycles. The lowest BCUT2D eigenvalue weighted by Gasteiger charge is -2.15. The zero-order chi connectivity index (χ0) is 25.2. The van der Waals surface area contributed by atoms with Crippen LogP contribution in [0.4, 0.5) is 17.6 Å². The third-order valence-electron chi connectivity index (χ3n) is 4.91. The minimum Gasteiger partial charge on any atom is -0.263 e. The highest BCUT2D eigenvalue weighted by Gasteiger charge is 2.28. The highest BCUT2D eigenvalue weighted by molar-refractivity contribution is 8.26. The van der Waals surface area contributed by atoms with E-state index in [1.54, 1.807) is 22.5 Å². The zero-order valence-electron chi connectivity index (χ0n) is 19.6. The van der Waals surface area contributed by atoms with E-state index in [1.165, 1.54) is 36.3 Å². The van der Waals surface area contributed by atoms with Crippen LogP contribution >= 0.6 is 23.5 Å². The number of hydrogen-bond donors (Lipinski definition) is 0. The van der Waals surface area contributed by atoms with E-state index in [4.69, 9.17) is 0 Å². The van der Waals surface area contributed by atoms with Crippen LogP contribution in [-0.2, 0) is 6.54 Å². The van der Waals surface area contributed by atoms with Crippen LogP contribution in [0.1, 0.15) is 37.7 Å². The van der Waals surface area contributed by atoms with Crippen molar-refractivity contribution in [3.05, 3.63) is 70.2 Å².